The molecule has 7 heteroatoms. The Hall–Kier alpha value is -2.67. The standard InChI is InChI=1S/C20H27N5O2/c1-20(2,3)27-19(26)25-11-9-24(10-12-25)18-16(13-21)14-22-17(23-18)15-7-5-4-6-8-15/h4-8,14H,9-13,21H2,1-3H3. The topological polar surface area (TPSA) is 84.6 Å². The van der Waals surface area contributed by atoms with E-state index < -0.39 is 5.60 Å². The van der Waals surface area contributed by atoms with E-state index in [2.05, 4.69) is 9.88 Å². The second-order valence-corrected chi connectivity index (χ2v) is 7.57. The van der Waals surface area contributed by atoms with Gasteiger partial charge in [-0.2, -0.15) is 0 Å². The van der Waals surface area contributed by atoms with Crippen molar-refractivity contribution in [3.05, 3.63) is 42.1 Å². The fourth-order valence-corrected chi connectivity index (χ4v) is 2.97. The van der Waals surface area contributed by atoms with E-state index in [9.17, 15) is 4.79 Å². The van der Waals surface area contributed by atoms with Gasteiger partial charge in [0.15, 0.2) is 5.82 Å². The van der Waals surface area contributed by atoms with Gasteiger partial charge < -0.3 is 20.3 Å². The van der Waals surface area contributed by atoms with Crippen molar-refractivity contribution >= 4 is 11.9 Å². The molecule has 0 atom stereocenters. The molecule has 144 valence electrons. The SMILES string of the molecule is CC(C)(C)OC(=O)N1CCN(c2nc(-c3ccccc3)ncc2CN)CC1. The van der Waals surface area contributed by atoms with Crippen LogP contribution in [0.1, 0.15) is 26.3 Å². The number of nitrogens with zero attached hydrogens (tertiary/aromatic N) is 4. The predicted octanol–water partition coefficient (Wildman–Crippen LogP) is 2.66. The molecular weight excluding hydrogens is 342 g/mol. The van der Waals surface area contributed by atoms with Crippen LogP contribution in [0.2, 0.25) is 0 Å². The number of amides is 1. The smallest absolute Gasteiger partial charge is 0.410 e. The van der Waals surface area contributed by atoms with Crippen LogP contribution in [0.15, 0.2) is 36.5 Å². The lowest BCUT2D eigenvalue weighted by Gasteiger charge is -2.36. The Morgan fingerprint density at radius 3 is 2.41 bits per heavy atom. The van der Waals surface area contributed by atoms with Gasteiger partial charge in [0, 0.05) is 50.0 Å². The largest absolute Gasteiger partial charge is 0.444 e. The molecule has 0 unspecified atom stereocenters. The van der Waals surface area contributed by atoms with Crippen LogP contribution in [-0.4, -0.2) is 52.7 Å². The maximum Gasteiger partial charge on any atom is 0.410 e. The zero-order valence-corrected chi connectivity index (χ0v) is 16.2. The summed E-state index contributed by atoms with van der Waals surface area (Å²) in [4.78, 5) is 25.4. The van der Waals surface area contributed by atoms with Crippen molar-refractivity contribution in [3.63, 3.8) is 0 Å². The molecule has 1 saturated heterocycles. The zero-order chi connectivity index (χ0) is 19.4. The van der Waals surface area contributed by atoms with Gasteiger partial charge in [-0.3, -0.25) is 0 Å². The molecule has 0 spiro atoms. The number of anilines is 1. The second-order valence-electron chi connectivity index (χ2n) is 7.57. The number of hydrogen-bond acceptors (Lipinski definition) is 6. The highest BCUT2D eigenvalue weighted by Gasteiger charge is 2.27. The van der Waals surface area contributed by atoms with E-state index in [4.69, 9.17) is 15.5 Å². The number of hydrogen-bond donors (Lipinski definition) is 1. The Morgan fingerprint density at radius 1 is 1.15 bits per heavy atom. The van der Waals surface area contributed by atoms with Crippen molar-refractivity contribution in [1.82, 2.24) is 14.9 Å². The monoisotopic (exact) mass is 369 g/mol. The molecule has 27 heavy (non-hydrogen) atoms. The summed E-state index contributed by atoms with van der Waals surface area (Å²) in [6, 6.07) is 9.88. The highest BCUT2D eigenvalue weighted by molar-refractivity contribution is 5.68. The van der Waals surface area contributed by atoms with Crippen molar-refractivity contribution in [2.24, 2.45) is 5.73 Å². The Balaban J connectivity index is 1.74. The molecule has 2 N–H and O–H groups in total. The van der Waals surface area contributed by atoms with Crippen LogP contribution in [0.4, 0.5) is 10.6 Å². The summed E-state index contributed by atoms with van der Waals surface area (Å²) in [7, 11) is 0. The third kappa shape index (κ3) is 4.74. The summed E-state index contributed by atoms with van der Waals surface area (Å²) >= 11 is 0. The molecule has 1 aromatic carbocycles. The number of benzene rings is 1. The average molecular weight is 369 g/mol. The summed E-state index contributed by atoms with van der Waals surface area (Å²) < 4.78 is 5.46. The number of piperazine rings is 1. The van der Waals surface area contributed by atoms with E-state index in [1.165, 1.54) is 0 Å². The van der Waals surface area contributed by atoms with E-state index in [1.54, 1.807) is 11.1 Å². The van der Waals surface area contributed by atoms with Crippen molar-refractivity contribution in [1.29, 1.82) is 0 Å². The van der Waals surface area contributed by atoms with Gasteiger partial charge in [0.05, 0.1) is 0 Å². The van der Waals surface area contributed by atoms with Crippen LogP contribution in [0.3, 0.4) is 0 Å². The first-order chi connectivity index (χ1) is 12.9. The van der Waals surface area contributed by atoms with Gasteiger partial charge in [-0.15, -0.1) is 0 Å². The first kappa shape index (κ1) is 19.1. The number of carbonyl (C=O) groups is 1. The summed E-state index contributed by atoms with van der Waals surface area (Å²) in [6.07, 6.45) is 1.53. The first-order valence-corrected chi connectivity index (χ1v) is 9.21. The van der Waals surface area contributed by atoms with Crippen molar-refractivity contribution in [2.45, 2.75) is 32.9 Å². The highest BCUT2D eigenvalue weighted by atomic mass is 16.6. The van der Waals surface area contributed by atoms with Crippen LogP contribution in [-0.2, 0) is 11.3 Å². The molecule has 7 nitrogen and oxygen atoms in total. The lowest BCUT2D eigenvalue weighted by molar-refractivity contribution is 0.0240. The van der Waals surface area contributed by atoms with Gasteiger partial charge >= 0.3 is 6.09 Å². The van der Waals surface area contributed by atoms with E-state index in [1.807, 2.05) is 51.1 Å². The van der Waals surface area contributed by atoms with Gasteiger partial charge in [-0.1, -0.05) is 30.3 Å². The molecule has 0 radical (unpaired) electrons. The zero-order valence-electron chi connectivity index (χ0n) is 16.2. The van der Waals surface area contributed by atoms with Gasteiger partial charge in [0.25, 0.3) is 0 Å². The molecule has 0 saturated carbocycles. The lowest BCUT2D eigenvalue weighted by atomic mass is 10.2. The van der Waals surface area contributed by atoms with Crippen LogP contribution >= 0.6 is 0 Å². The maximum atomic E-state index is 12.3. The van der Waals surface area contributed by atoms with Crippen molar-refractivity contribution in [2.75, 3.05) is 31.1 Å². The molecule has 2 heterocycles. The quantitative estimate of drug-likeness (QED) is 0.895. The van der Waals surface area contributed by atoms with Gasteiger partial charge in [0.1, 0.15) is 11.4 Å². The average Bonchev–Trinajstić information content (AvgIpc) is 2.67. The molecule has 3 rings (SSSR count). The van der Waals surface area contributed by atoms with E-state index >= 15 is 0 Å². The number of nitrogens with two attached hydrogens (primary N) is 1. The summed E-state index contributed by atoms with van der Waals surface area (Å²) in [5.41, 5.74) is 7.28. The number of aromatic nitrogens is 2. The Kier molecular flexibility index (Phi) is 5.60. The van der Waals surface area contributed by atoms with Crippen LogP contribution in [0.25, 0.3) is 11.4 Å². The minimum Gasteiger partial charge on any atom is -0.444 e. The molecule has 1 aliphatic rings. The third-order valence-electron chi connectivity index (χ3n) is 4.32. The molecule has 0 bridgehead atoms. The van der Waals surface area contributed by atoms with Gasteiger partial charge in [0.2, 0.25) is 0 Å². The summed E-state index contributed by atoms with van der Waals surface area (Å²) in [5, 5.41) is 0. The van der Waals surface area contributed by atoms with Gasteiger partial charge in [-0.05, 0) is 20.8 Å². The number of rotatable bonds is 3. The normalized spacial score (nSPS) is 15.0. The molecule has 1 aliphatic heterocycles. The number of ether oxygens (including phenoxy) is 1. The van der Waals surface area contributed by atoms with Crippen molar-refractivity contribution < 1.29 is 9.53 Å². The molecule has 1 aromatic heterocycles. The Labute approximate surface area is 160 Å². The second kappa shape index (κ2) is 7.92. The fraction of sp³-hybridized carbons (Fsp3) is 0.450. The third-order valence-corrected chi connectivity index (χ3v) is 4.32. The highest BCUT2D eigenvalue weighted by Crippen LogP contribution is 2.23. The Morgan fingerprint density at radius 2 is 1.81 bits per heavy atom. The molecular formula is C20H27N5O2. The van der Waals surface area contributed by atoms with Crippen molar-refractivity contribution in [3.8, 4) is 11.4 Å². The van der Waals surface area contributed by atoms with Crippen LogP contribution in [0.5, 0.6) is 0 Å². The van der Waals surface area contributed by atoms with Crippen LogP contribution in [0, 0.1) is 0 Å². The van der Waals surface area contributed by atoms with Gasteiger partial charge in [-0.25, -0.2) is 14.8 Å². The predicted molar refractivity (Wildman–Crippen MR) is 105 cm³/mol. The van der Waals surface area contributed by atoms with E-state index in [0.717, 1.165) is 16.9 Å². The molecule has 2 aromatic rings. The first-order valence-electron chi connectivity index (χ1n) is 9.21. The lowest BCUT2D eigenvalue weighted by Crippen LogP contribution is -2.50. The van der Waals surface area contributed by atoms with E-state index in [-0.39, 0.29) is 6.09 Å². The summed E-state index contributed by atoms with van der Waals surface area (Å²) in [5.74, 6) is 1.52. The molecule has 0 aliphatic carbocycles. The molecule has 1 fully saturated rings. The minimum absolute atomic E-state index is 0.270. The molecule has 1 amide bonds. The minimum atomic E-state index is -0.488. The summed E-state index contributed by atoms with van der Waals surface area (Å²) in [6.45, 7) is 8.53. The fourth-order valence-electron chi connectivity index (χ4n) is 2.97. The van der Waals surface area contributed by atoms with Crippen LogP contribution < -0.4 is 10.6 Å². The maximum absolute atomic E-state index is 12.3. The Bertz CT molecular complexity index is 781. The number of carbonyl (C=O) groups excluding carboxylic acids is 1. The van der Waals surface area contributed by atoms with E-state index in [0.29, 0.717) is 38.5 Å².